The summed E-state index contributed by atoms with van der Waals surface area (Å²) in [5.74, 6) is 0.725. The Morgan fingerprint density at radius 3 is 2.24 bits per heavy atom. The molecule has 0 spiro atoms. The molecule has 1 rings (SSSR count). The van der Waals surface area contributed by atoms with Crippen molar-refractivity contribution in [3.05, 3.63) is 0 Å². The number of hydrogen-bond acceptors (Lipinski definition) is 2. The fourth-order valence-corrected chi connectivity index (χ4v) is 2.90. The van der Waals surface area contributed by atoms with Crippen LogP contribution in [0.4, 0.5) is 0 Å². The number of nitrogens with one attached hydrogen (secondary N) is 1. The zero-order chi connectivity index (χ0) is 12.8. The van der Waals surface area contributed by atoms with Crippen LogP contribution in [0.15, 0.2) is 0 Å². The number of nitrogens with zero attached hydrogens (tertiary/aromatic N) is 1. The molecule has 102 valence electrons. The smallest absolute Gasteiger partial charge is 0.0218 e. The number of hydrogen-bond donors (Lipinski definition) is 1. The lowest BCUT2D eigenvalue weighted by Gasteiger charge is -2.42. The Morgan fingerprint density at radius 2 is 1.76 bits per heavy atom. The summed E-state index contributed by atoms with van der Waals surface area (Å²) in [7, 11) is 0. The summed E-state index contributed by atoms with van der Waals surface area (Å²) in [5, 5.41) is 3.72. The van der Waals surface area contributed by atoms with Crippen LogP contribution >= 0.6 is 0 Å². The van der Waals surface area contributed by atoms with Crippen LogP contribution in [0.1, 0.15) is 60.3 Å². The molecule has 1 aliphatic heterocycles. The van der Waals surface area contributed by atoms with Gasteiger partial charge >= 0.3 is 0 Å². The summed E-state index contributed by atoms with van der Waals surface area (Å²) >= 11 is 0. The Balaban J connectivity index is 2.51. The number of rotatable bonds is 6. The third-order valence-corrected chi connectivity index (χ3v) is 4.24. The van der Waals surface area contributed by atoms with Gasteiger partial charge in [0.25, 0.3) is 0 Å². The fraction of sp³-hybridized carbons (Fsp3) is 1.00. The average Bonchev–Trinajstić information content (AvgIpc) is 2.27. The molecule has 1 heterocycles. The van der Waals surface area contributed by atoms with E-state index < -0.39 is 0 Å². The van der Waals surface area contributed by atoms with E-state index in [0.29, 0.717) is 6.04 Å². The standard InChI is InChI=1S/C15H32N2/c1-6-10-16-15(12(2)3)11-17-13(4)8-7-9-14(17)5/h12-16H,6-11H2,1-5H3/t13-,14+,15?. The second-order valence-corrected chi connectivity index (χ2v) is 6.13. The lowest BCUT2D eigenvalue weighted by Crippen LogP contribution is -2.52. The van der Waals surface area contributed by atoms with Crippen LogP contribution in [-0.4, -0.2) is 36.1 Å². The second kappa shape index (κ2) is 7.38. The highest BCUT2D eigenvalue weighted by atomic mass is 15.2. The topological polar surface area (TPSA) is 15.3 Å². The van der Waals surface area contributed by atoms with Gasteiger partial charge in [-0.1, -0.05) is 27.2 Å². The first-order chi connectivity index (χ1) is 8.06. The molecule has 17 heavy (non-hydrogen) atoms. The van der Waals surface area contributed by atoms with Gasteiger partial charge in [-0.2, -0.15) is 0 Å². The Morgan fingerprint density at radius 1 is 1.18 bits per heavy atom. The molecule has 2 heteroatoms. The molecular formula is C15H32N2. The molecule has 0 bridgehead atoms. The Bertz CT molecular complexity index is 193. The minimum Gasteiger partial charge on any atom is -0.312 e. The maximum absolute atomic E-state index is 3.72. The monoisotopic (exact) mass is 240 g/mol. The molecule has 1 aliphatic rings. The predicted octanol–water partition coefficient (Wildman–Crippen LogP) is 3.27. The minimum atomic E-state index is 0.651. The third-order valence-electron chi connectivity index (χ3n) is 4.24. The van der Waals surface area contributed by atoms with Crippen LogP contribution in [0.3, 0.4) is 0 Å². The lowest BCUT2D eigenvalue weighted by atomic mass is 9.94. The van der Waals surface area contributed by atoms with E-state index in [9.17, 15) is 0 Å². The van der Waals surface area contributed by atoms with Crippen LogP contribution in [0, 0.1) is 5.92 Å². The molecular weight excluding hydrogens is 208 g/mol. The fourth-order valence-electron chi connectivity index (χ4n) is 2.90. The molecule has 0 aromatic rings. The normalized spacial score (nSPS) is 28.6. The van der Waals surface area contributed by atoms with Crippen molar-refractivity contribution in [3.63, 3.8) is 0 Å². The molecule has 2 nitrogen and oxygen atoms in total. The van der Waals surface area contributed by atoms with Gasteiger partial charge in [0.2, 0.25) is 0 Å². The molecule has 1 saturated heterocycles. The zero-order valence-electron chi connectivity index (χ0n) is 12.5. The van der Waals surface area contributed by atoms with Gasteiger partial charge in [0.1, 0.15) is 0 Å². The van der Waals surface area contributed by atoms with Crippen LogP contribution in [0.25, 0.3) is 0 Å². The molecule has 0 aromatic carbocycles. The van der Waals surface area contributed by atoms with Gasteiger partial charge in [0.15, 0.2) is 0 Å². The first-order valence-corrected chi connectivity index (χ1v) is 7.55. The highest BCUT2D eigenvalue weighted by Gasteiger charge is 2.27. The van der Waals surface area contributed by atoms with Crippen molar-refractivity contribution in [1.29, 1.82) is 0 Å². The van der Waals surface area contributed by atoms with E-state index in [1.807, 2.05) is 0 Å². The molecule has 1 N–H and O–H groups in total. The summed E-state index contributed by atoms with van der Waals surface area (Å²) < 4.78 is 0. The summed E-state index contributed by atoms with van der Waals surface area (Å²) in [5.41, 5.74) is 0. The lowest BCUT2D eigenvalue weighted by molar-refractivity contribution is 0.0834. The Hall–Kier alpha value is -0.0800. The predicted molar refractivity (Wildman–Crippen MR) is 76.4 cm³/mol. The van der Waals surface area contributed by atoms with E-state index >= 15 is 0 Å². The van der Waals surface area contributed by atoms with Gasteiger partial charge in [-0.15, -0.1) is 0 Å². The SMILES string of the molecule is CCCNC(CN1[C@H](C)CCC[C@@H]1C)C(C)C. The number of likely N-dealkylation sites (tertiary alicyclic amines) is 1. The van der Waals surface area contributed by atoms with Gasteiger partial charge in [0.05, 0.1) is 0 Å². The van der Waals surface area contributed by atoms with Crippen molar-refractivity contribution in [2.45, 2.75) is 78.4 Å². The van der Waals surface area contributed by atoms with E-state index in [0.717, 1.165) is 24.5 Å². The van der Waals surface area contributed by atoms with Crippen molar-refractivity contribution >= 4 is 0 Å². The molecule has 0 amide bonds. The first kappa shape index (κ1) is 15.0. The van der Waals surface area contributed by atoms with Crippen LogP contribution in [-0.2, 0) is 0 Å². The molecule has 3 atom stereocenters. The van der Waals surface area contributed by atoms with Crippen LogP contribution in [0.2, 0.25) is 0 Å². The van der Waals surface area contributed by atoms with Crippen molar-refractivity contribution in [2.24, 2.45) is 5.92 Å². The molecule has 0 saturated carbocycles. The van der Waals surface area contributed by atoms with E-state index in [2.05, 4.69) is 44.8 Å². The third kappa shape index (κ3) is 4.59. The zero-order valence-corrected chi connectivity index (χ0v) is 12.5. The Kier molecular flexibility index (Phi) is 6.50. The van der Waals surface area contributed by atoms with Crippen LogP contribution in [0.5, 0.6) is 0 Å². The van der Waals surface area contributed by atoms with E-state index in [4.69, 9.17) is 0 Å². The van der Waals surface area contributed by atoms with Gasteiger partial charge in [0, 0.05) is 24.7 Å². The summed E-state index contributed by atoms with van der Waals surface area (Å²) in [4.78, 5) is 2.72. The van der Waals surface area contributed by atoms with Gasteiger partial charge in [-0.3, -0.25) is 4.90 Å². The van der Waals surface area contributed by atoms with Crippen molar-refractivity contribution in [3.8, 4) is 0 Å². The maximum Gasteiger partial charge on any atom is 0.0218 e. The largest absolute Gasteiger partial charge is 0.312 e. The van der Waals surface area contributed by atoms with Crippen molar-refractivity contribution in [2.75, 3.05) is 13.1 Å². The van der Waals surface area contributed by atoms with Gasteiger partial charge < -0.3 is 5.32 Å². The molecule has 0 radical (unpaired) electrons. The molecule has 0 aromatic heterocycles. The highest BCUT2D eigenvalue weighted by molar-refractivity contribution is 4.84. The summed E-state index contributed by atoms with van der Waals surface area (Å²) in [6.07, 6.45) is 5.40. The summed E-state index contributed by atoms with van der Waals surface area (Å²) in [6, 6.07) is 2.19. The van der Waals surface area contributed by atoms with Crippen molar-refractivity contribution in [1.82, 2.24) is 10.2 Å². The maximum atomic E-state index is 3.72. The minimum absolute atomic E-state index is 0.651. The van der Waals surface area contributed by atoms with Crippen LogP contribution < -0.4 is 5.32 Å². The molecule has 1 unspecified atom stereocenters. The highest BCUT2D eigenvalue weighted by Crippen LogP contribution is 2.23. The van der Waals surface area contributed by atoms with E-state index in [-0.39, 0.29) is 0 Å². The van der Waals surface area contributed by atoms with Crippen molar-refractivity contribution < 1.29 is 0 Å². The molecule has 1 fully saturated rings. The second-order valence-electron chi connectivity index (χ2n) is 6.13. The first-order valence-electron chi connectivity index (χ1n) is 7.55. The number of piperidine rings is 1. The van der Waals surface area contributed by atoms with Gasteiger partial charge in [-0.05, 0) is 45.6 Å². The summed E-state index contributed by atoms with van der Waals surface area (Å²) in [6.45, 7) is 14.1. The quantitative estimate of drug-likeness (QED) is 0.766. The molecule has 0 aliphatic carbocycles. The average molecular weight is 240 g/mol. The van der Waals surface area contributed by atoms with E-state index in [1.165, 1.54) is 32.2 Å². The Labute approximate surface area is 108 Å². The van der Waals surface area contributed by atoms with E-state index in [1.54, 1.807) is 0 Å². The van der Waals surface area contributed by atoms with Gasteiger partial charge in [-0.25, -0.2) is 0 Å².